The summed E-state index contributed by atoms with van der Waals surface area (Å²) >= 11 is 0. The predicted molar refractivity (Wildman–Crippen MR) is 78.0 cm³/mol. The van der Waals surface area contributed by atoms with Crippen molar-refractivity contribution in [3.63, 3.8) is 0 Å². The van der Waals surface area contributed by atoms with E-state index in [9.17, 15) is 9.59 Å². The van der Waals surface area contributed by atoms with Crippen LogP contribution < -0.4 is 5.32 Å². The minimum atomic E-state index is -0.940. The van der Waals surface area contributed by atoms with Crippen molar-refractivity contribution < 1.29 is 14.7 Å². The van der Waals surface area contributed by atoms with Gasteiger partial charge in [-0.15, -0.1) is 0 Å². The molecule has 112 valence electrons. The number of hydrogen-bond donors (Lipinski definition) is 2. The van der Waals surface area contributed by atoms with E-state index in [-0.39, 0.29) is 11.6 Å². The van der Waals surface area contributed by atoms with Crippen molar-refractivity contribution in [1.82, 2.24) is 10.2 Å². The van der Waals surface area contributed by atoms with Crippen LogP contribution in [0.4, 0.5) is 4.79 Å². The van der Waals surface area contributed by atoms with E-state index in [2.05, 4.69) is 19.2 Å². The van der Waals surface area contributed by atoms with E-state index in [1.54, 1.807) is 24.3 Å². The Bertz CT molecular complexity index is 566. The van der Waals surface area contributed by atoms with Crippen molar-refractivity contribution in [2.24, 2.45) is 17.3 Å². The zero-order valence-corrected chi connectivity index (χ0v) is 12.3. The molecule has 0 aromatic heterocycles. The SMILES string of the molecule is CC1(C)C2CN(C(=O)NCc3ccc(C(=O)O)cc3)CC21. The molecule has 1 saturated heterocycles. The second kappa shape index (κ2) is 4.76. The molecule has 2 aliphatic rings. The van der Waals surface area contributed by atoms with E-state index in [0.717, 1.165) is 18.7 Å². The number of nitrogens with one attached hydrogen (secondary N) is 1. The highest BCUT2D eigenvalue weighted by Gasteiger charge is 2.62. The average Bonchev–Trinajstić information content (AvgIpc) is 2.83. The van der Waals surface area contributed by atoms with Gasteiger partial charge in [-0.05, 0) is 34.9 Å². The van der Waals surface area contributed by atoms with E-state index in [1.807, 2.05) is 4.90 Å². The maximum Gasteiger partial charge on any atom is 0.335 e. The smallest absolute Gasteiger partial charge is 0.335 e. The first-order chi connectivity index (χ1) is 9.89. The third kappa shape index (κ3) is 2.48. The quantitative estimate of drug-likeness (QED) is 0.895. The number of rotatable bonds is 3. The summed E-state index contributed by atoms with van der Waals surface area (Å²) in [5.74, 6) is 0.362. The number of carboxylic acid groups (broad SMARTS) is 1. The maximum atomic E-state index is 12.1. The zero-order chi connectivity index (χ0) is 15.2. The Morgan fingerprint density at radius 3 is 2.33 bits per heavy atom. The molecule has 1 aromatic carbocycles. The Morgan fingerprint density at radius 1 is 1.24 bits per heavy atom. The Kier molecular flexibility index (Phi) is 3.15. The van der Waals surface area contributed by atoms with E-state index >= 15 is 0 Å². The molecule has 1 heterocycles. The molecule has 2 unspecified atom stereocenters. The Morgan fingerprint density at radius 2 is 1.81 bits per heavy atom. The number of carbonyl (C=O) groups excluding carboxylic acids is 1. The number of urea groups is 1. The number of carbonyl (C=O) groups is 2. The van der Waals surface area contributed by atoms with Crippen molar-refractivity contribution in [1.29, 1.82) is 0 Å². The first kappa shape index (κ1) is 13.9. The van der Waals surface area contributed by atoms with Gasteiger partial charge in [0, 0.05) is 19.6 Å². The summed E-state index contributed by atoms with van der Waals surface area (Å²) in [6.45, 7) is 6.65. The molecule has 2 amide bonds. The Balaban J connectivity index is 1.49. The molecule has 2 atom stereocenters. The largest absolute Gasteiger partial charge is 0.478 e. The highest BCUT2D eigenvalue weighted by atomic mass is 16.4. The van der Waals surface area contributed by atoms with Gasteiger partial charge in [0.1, 0.15) is 0 Å². The highest BCUT2D eigenvalue weighted by molar-refractivity contribution is 5.87. The van der Waals surface area contributed by atoms with Crippen LogP contribution in [0.5, 0.6) is 0 Å². The molecule has 1 aliphatic carbocycles. The minimum absolute atomic E-state index is 0.0275. The fraction of sp³-hybridized carbons (Fsp3) is 0.500. The molecule has 3 rings (SSSR count). The van der Waals surface area contributed by atoms with Gasteiger partial charge in [0.2, 0.25) is 0 Å². The van der Waals surface area contributed by atoms with Gasteiger partial charge in [-0.3, -0.25) is 0 Å². The van der Waals surface area contributed by atoms with Gasteiger partial charge in [0.05, 0.1) is 5.56 Å². The lowest BCUT2D eigenvalue weighted by molar-refractivity contribution is 0.0697. The van der Waals surface area contributed by atoms with Crippen LogP contribution in [0.3, 0.4) is 0 Å². The number of carboxylic acids is 1. The number of piperidine rings is 1. The summed E-state index contributed by atoms with van der Waals surface area (Å²) in [6.07, 6.45) is 0. The second-order valence-corrected chi connectivity index (χ2v) is 6.60. The van der Waals surface area contributed by atoms with Gasteiger partial charge in [-0.1, -0.05) is 26.0 Å². The summed E-state index contributed by atoms with van der Waals surface area (Å²) in [5, 5.41) is 11.7. The van der Waals surface area contributed by atoms with Crippen LogP contribution in [-0.2, 0) is 6.54 Å². The number of hydrogen-bond acceptors (Lipinski definition) is 2. The number of benzene rings is 1. The van der Waals surface area contributed by atoms with E-state index in [1.165, 1.54) is 0 Å². The molecular formula is C16H20N2O3. The fourth-order valence-corrected chi connectivity index (χ4v) is 3.35. The molecule has 5 heteroatoms. The number of nitrogens with zero attached hydrogens (tertiary/aromatic N) is 1. The predicted octanol–water partition coefficient (Wildman–Crippen LogP) is 2.18. The van der Waals surface area contributed by atoms with Crippen molar-refractivity contribution >= 4 is 12.0 Å². The van der Waals surface area contributed by atoms with Gasteiger partial charge < -0.3 is 15.3 Å². The molecular weight excluding hydrogens is 268 g/mol. The maximum absolute atomic E-state index is 12.1. The first-order valence-electron chi connectivity index (χ1n) is 7.24. The van der Waals surface area contributed by atoms with E-state index in [4.69, 9.17) is 5.11 Å². The normalized spacial score (nSPS) is 25.3. The van der Waals surface area contributed by atoms with Crippen LogP contribution in [-0.4, -0.2) is 35.1 Å². The topological polar surface area (TPSA) is 69.6 Å². The molecule has 2 fully saturated rings. The zero-order valence-electron chi connectivity index (χ0n) is 12.3. The van der Waals surface area contributed by atoms with Crippen LogP contribution in [0.2, 0.25) is 0 Å². The second-order valence-electron chi connectivity index (χ2n) is 6.60. The van der Waals surface area contributed by atoms with Gasteiger partial charge in [-0.2, -0.15) is 0 Å². The summed E-state index contributed by atoms with van der Waals surface area (Å²) in [4.78, 5) is 24.7. The molecule has 0 bridgehead atoms. The molecule has 21 heavy (non-hydrogen) atoms. The van der Waals surface area contributed by atoms with E-state index in [0.29, 0.717) is 23.8 Å². The molecule has 2 N–H and O–H groups in total. The van der Waals surface area contributed by atoms with Crippen molar-refractivity contribution in [3.05, 3.63) is 35.4 Å². The van der Waals surface area contributed by atoms with Crippen LogP contribution >= 0.6 is 0 Å². The van der Waals surface area contributed by atoms with Crippen molar-refractivity contribution in [2.75, 3.05) is 13.1 Å². The lowest BCUT2D eigenvalue weighted by Crippen LogP contribution is -2.40. The monoisotopic (exact) mass is 288 g/mol. The minimum Gasteiger partial charge on any atom is -0.478 e. The van der Waals surface area contributed by atoms with Crippen molar-refractivity contribution in [3.8, 4) is 0 Å². The third-order valence-corrected chi connectivity index (χ3v) is 5.05. The summed E-state index contributed by atoms with van der Waals surface area (Å²) in [6, 6.07) is 6.54. The molecule has 5 nitrogen and oxygen atoms in total. The van der Waals surface area contributed by atoms with Gasteiger partial charge in [0.25, 0.3) is 0 Å². The molecule has 1 aliphatic heterocycles. The number of likely N-dealkylation sites (tertiary alicyclic amines) is 1. The van der Waals surface area contributed by atoms with E-state index < -0.39 is 5.97 Å². The lowest BCUT2D eigenvalue weighted by Gasteiger charge is -2.22. The molecule has 1 aromatic rings. The first-order valence-corrected chi connectivity index (χ1v) is 7.24. The van der Waals surface area contributed by atoms with Gasteiger partial charge >= 0.3 is 12.0 Å². The standard InChI is InChI=1S/C16H20N2O3/c1-16(2)12-8-18(9-13(12)16)15(21)17-7-10-3-5-11(6-4-10)14(19)20/h3-6,12-13H,7-9H2,1-2H3,(H,17,21)(H,19,20). The van der Waals surface area contributed by atoms with Gasteiger partial charge in [0.15, 0.2) is 0 Å². The Hall–Kier alpha value is -2.04. The fourth-order valence-electron chi connectivity index (χ4n) is 3.35. The number of fused-ring (bicyclic) bond motifs is 1. The summed E-state index contributed by atoms with van der Waals surface area (Å²) in [7, 11) is 0. The average molecular weight is 288 g/mol. The Labute approximate surface area is 123 Å². The number of amides is 2. The van der Waals surface area contributed by atoms with Crippen molar-refractivity contribution in [2.45, 2.75) is 20.4 Å². The van der Waals surface area contributed by atoms with Crippen LogP contribution in [0.25, 0.3) is 0 Å². The van der Waals surface area contributed by atoms with Crippen LogP contribution in [0.15, 0.2) is 24.3 Å². The summed E-state index contributed by atoms with van der Waals surface area (Å²) in [5.41, 5.74) is 1.56. The molecule has 0 spiro atoms. The highest BCUT2D eigenvalue weighted by Crippen LogP contribution is 2.61. The summed E-state index contributed by atoms with van der Waals surface area (Å²) < 4.78 is 0. The third-order valence-electron chi connectivity index (χ3n) is 5.05. The van der Waals surface area contributed by atoms with Crippen LogP contribution in [0, 0.1) is 17.3 Å². The van der Waals surface area contributed by atoms with Crippen LogP contribution in [0.1, 0.15) is 29.8 Å². The lowest BCUT2D eigenvalue weighted by atomic mass is 10.1. The molecule has 1 saturated carbocycles. The number of aromatic carboxylic acids is 1. The molecule has 0 radical (unpaired) electrons. The van der Waals surface area contributed by atoms with Gasteiger partial charge in [-0.25, -0.2) is 9.59 Å².